The van der Waals surface area contributed by atoms with Crippen LogP contribution in [0, 0.1) is 11.3 Å². The molecule has 6 nitrogen and oxygen atoms in total. The lowest BCUT2D eigenvalue weighted by atomic mass is 10.1. The third-order valence-corrected chi connectivity index (χ3v) is 5.20. The van der Waals surface area contributed by atoms with E-state index < -0.39 is 0 Å². The number of hydrogen-bond donors (Lipinski definition) is 2. The Hall–Kier alpha value is -3.63. The fourth-order valence-corrected chi connectivity index (χ4v) is 3.84. The molecular formula is C21H16N4O2S. The molecule has 0 radical (unpaired) electrons. The number of carbonyl (C=O) groups is 1. The molecule has 0 fully saturated rings. The molecule has 28 heavy (non-hydrogen) atoms. The molecule has 0 aliphatic rings. The Kier molecular flexibility index (Phi) is 4.79. The van der Waals surface area contributed by atoms with Crippen LogP contribution < -0.4 is 5.32 Å². The number of aromatic amines is 1. The van der Waals surface area contributed by atoms with Gasteiger partial charge in [0.2, 0.25) is 0 Å². The Morgan fingerprint density at radius 2 is 2.29 bits per heavy atom. The number of H-pyrrole nitrogens is 1. The average Bonchev–Trinajstić information content (AvgIpc) is 3.33. The minimum atomic E-state index is -0.385. The number of pyridine rings is 1. The standard InChI is InChI=1S/C21H16N4O2S/c1-2-27-19(26)6-4-16-10-17-20(14(11-22)12-24-21(17)28-16)25-15-3-5-18-13(9-15)7-8-23-18/h3-10,12,23H,2H2,1H3,(H,24,25). The van der Waals surface area contributed by atoms with Gasteiger partial charge < -0.3 is 15.0 Å². The lowest BCUT2D eigenvalue weighted by molar-refractivity contribution is -0.137. The van der Waals surface area contributed by atoms with Crippen LogP contribution in [0.3, 0.4) is 0 Å². The van der Waals surface area contributed by atoms with Crippen molar-refractivity contribution in [2.75, 3.05) is 11.9 Å². The third-order valence-electron chi connectivity index (χ3n) is 4.19. The van der Waals surface area contributed by atoms with Gasteiger partial charge in [-0.05, 0) is 43.3 Å². The summed E-state index contributed by atoms with van der Waals surface area (Å²) < 4.78 is 4.91. The van der Waals surface area contributed by atoms with Crippen LogP contribution in [0.25, 0.3) is 27.2 Å². The highest BCUT2D eigenvalue weighted by atomic mass is 32.1. The molecule has 3 heterocycles. The maximum atomic E-state index is 11.5. The summed E-state index contributed by atoms with van der Waals surface area (Å²) in [4.78, 5) is 20.7. The highest BCUT2D eigenvalue weighted by molar-refractivity contribution is 7.19. The maximum absolute atomic E-state index is 11.5. The summed E-state index contributed by atoms with van der Waals surface area (Å²) in [6.45, 7) is 2.10. The van der Waals surface area contributed by atoms with Crippen LogP contribution in [-0.2, 0) is 9.53 Å². The number of rotatable bonds is 5. The highest BCUT2D eigenvalue weighted by Gasteiger charge is 2.12. The molecule has 138 valence electrons. The van der Waals surface area contributed by atoms with Crippen molar-refractivity contribution >= 4 is 55.9 Å². The number of aromatic nitrogens is 2. The Morgan fingerprint density at radius 1 is 1.39 bits per heavy atom. The van der Waals surface area contributed by atoms with Gasteiger partial charge in [0.15, 0.2) is 0 Å². The van der Waals surface area contributed by atoms with E-state index in [1.165, 1.54) is 17.4 Å². The topological polar surface area (TPSA) is 90.8 Å². The third kappa shape index (κ3) is 3.46. The van der Waals surface area contributed by atoms with E-state index in [4.69, 9.17) is 4.74 Å². The molecule has 2 N–H and O–H groups in total. The van der Waals surface area contributed by atoms with Crippen molar-refractivity contribution in [2.45, 2.75) is 6.92 Å². The van der Waals surface area contributed by atoms with E-state index in [1.807, 2.05) is 36.5 Å². The van der Waals surface area contributed by atoms with Crippen molar-refractivity contribution in [3.8, 4) is 6.07 Å². The van der Waals surface area contributed by atoms with E-state index >= 15 is 0 Å². The molecule has 0 atom stereocenters. The molecule has 4 rings (SSSR count). The first-order chi connectivity index (χ1) is 13.7. The van der Waals surface area contributed by atoms with Crippen molar-refractivity contribution in [1.82, 2.24) is 9.97 Å². The second-order valence-electron chi connectivity index (χ2n) is 6.02. The second kappa shape index (κ2) is 7.55. The highest BCUT2D eigenvalue weighted by Crippen LogP contribution is 2.35. The van der Waals surface area contributed by atoms with Crippen molar-refractivity contribution in [1.29, 1.82) is 5.26 Å². The summed E-state index contributed by atoms with van der Waals surface area (Å²) in [6.07, 6.45) is 6.55. The Labute approximate surface area is 165 Å². The first-order valence-corrected chi connectivity index (χ1v) is 9.51. The molecule has 0 spiro atoms. The average molecular weight is 388 g/mol. The Morgan fingerprint density at radius 3 is 3.11 bits per heavy atom. The zero-order valence-electron chi connectivity index (χ0n) is 15.0. The van der Waals surface area contributed by atoms with Crippen LogP contribution >= 0.6 is 11.3 Å². The minimum absolute atomic E-state index is 0.336. The zero-order chi connectivity index (χ0) is 19.5. The number of hydrogen-bond acceptors (Lipinski definition) is 6. The van der Waals surface area contributed by atoms with Gasteiger partial charge in [0.25, 0.3) is 0 Å². The summed E-state index contributed by atoms with van der Waals surface area (Å²) in [7, 11) is 0. The molecule has 0 amide bonds. The maximum Gasteiger partial charge on any atom is 0.330 e. The number of ether oxygens (including phenoxy) is 1. The van der Waals surface area contributed by atoms with Gasteiger partial charge in [-0.3, -0.25) is 0 Å². The molecule has 0 bridgehead atoms. The number of nitrogens with zero attached hydrogens (tertiary/aromatic N) is 2. The van der Waals surface area contributed by atoms with E-state index in [0.29, 0.717) is 17.9 Å². The van der Waals surface area contributed by atoms with Crippen LogP contribution in [0.5, 0.6) is 0 Å². The zero-order valence-corrected chi connectivity index (χ0v) is 15.8. The summed E-state index contributed by atoms with van der Waals surface area (Å²) in [5, 5.41) is 14.8. The molecule has 1 aromatic carbocycles. The predicted octanol–water partition coefficient (Wildman–Crippen LogP) is 4.97. The molecule has 3 aromatic heterocycles. The quantitative estimate of drug-likeness (QED) is 0.372. The fourth-order valence-electron chi connectivity index (χ4n) is 2.93. The largest absolute Gasteiger partial charge is 0.463 e. The van der Waals surface area contributed by atoms with Crippen molar-refractivity contribution in [2.24, 2.45) is 0 Å². The number of nitriles is 1. The van der Waals surface area contributed by atoms with Crippen LogP contribution in [-0.4, -0.2) is 22.5 Å². The molecule has 0 saturated heterocycles. The Balaban J connectivity index is 1.73. The van der Waals surface area contributed by atoms with Gasteiger partial charge in [0, 0.05) is 45.3 Å². The number of nitrogens with one attached hydrogen (secondary N) is 2. The van der Waals surface area contributed by atoms with Crippen molar-refractivity contribution in [3.63, 3.8) is 0 Å². The number of anilines is 2. The number of fused-ring (bicyclic) bond motifs is 2. The first-order valence-electron chi connectivity index (χ1n) is 8.69. The number of carbonyl (C=O) groups excluding carboxylic acids is 1. The minimum Gasteiger partial charge on any atom is -0.463 e. The lowest BCUT2D eigenvalue weighted by Gasteiger charge is -2.09. The van der Waals surface area contributed by atoms with Crippen molar-refractivity contribution in [3.05, 3.63) is 59.2 Å². The van der Waals surface area contributed by atoms with E-state index in [1.54, 1.807) is 19.2 Å². The fraction of sp³-hybridized carbons (Fsp3) is 0.0952. The molecule has 0 saturated carbocycles. The van der Waals surface area contributed by atoms with E-state index in [2.05, 4.69) is 21.4 Å². The molecule has 7 heteroatoms. The van der Waals surface area contributed by atoms with Crippen LogP contribution in [0.1, 0.15) is 17.4 Å². The Bertz CT molecular complexity index is 1250. The first kappa shape index (κ1) is 17.8. The van der Waals surface area contributed by atoms with Gasteiger partial charge in [-0.15, -0.1) is 11.3 Å². The van der Waals surface area contributed by atoms with Crippen LogP contribution in [0.2, 0.25) is 0 Å². The summed E-state index contributed by atoms with van der Waals surface area (Å²) in [5.74, 6) is -0.385. The van der Waals surface area contributed by atoms with Gasteiger partial charge in [-0.2, -0.15) is 5.26 Å². The van der Waals surface area contributed by atoms with Gasteiger partial charge >= 0.3 is 5.97 Å². The predicted molar refractivity (Wildman–Crippen MR) is 112 cm³/mol. The monoisotopic (exact) mass is 388 g/mol. The molecule has 4 aromatic rings. The SMILES string of the molecule is CCOC(=O)C=Cc1cc2c(Nc3ccc4[nH]ccc4c3)c(C#N)cnc2s1. The van der Waals surface area contributed by atoms with Gasteiger partial charge in [0.1, 0.15) is 10.9 Å². The second-order valence-corrected chi connectivity index (χ2v) is 7.08. The van der Waals surface area contributed by atoms with E-state index in [9.17, 15) is 10.1 Å². The summed E-state index contributed by atoms with van der Waals surface area (Å²) >= 11 is 1.45. The molecule has 0 unspecified atom stereocenters. The summed E-state index contributed by atoms with van der Waals surface area (Å²) in [6, 6.07) is 12.1. The van der Waals surface area contributed by atoms with Gasteiger partial charge in [-0.25, -0.2) is 9.78 Å². The lowest BCUT2D eigenvalue weighted by Crippen LogP contribution is -1.98. The van der Waals surface area contributed by atoms with E-state index in [-0.39, 0.29) is 5.97 Å². The number of benzene rings is 1. The van der Waals surface area contributed by atoms with Crippen LogP contribution in [0.15, 0.2) is 48.8 Å². The number of esters is 1. The van der Waals surface area contributed by atoms with E-state index in [0.717, 1.165) is 31.7 Å². The molecular weight excluding hydrogens is 372 g/mol. The normalized spacial score (nSPS) is 11.1. The van der Waals surface area contributed by atoms with Crippen molar-refractivity contribution < 1.29 is 9.53 Å². The summed E-state index contributed by atoms with van der Waals surface area (Å²) in [5.41, 5.74) is 3.09. The molecule has 0 aliphatic carbocycles. The number of thiophene rings is 1. The van der Waals surface area contributed by atoms with Crippen LogP contribution in [0.4, 0.5) is 11.4 Å². The van der Waals surface area contributed by atoms with Gasteiger partial charge in [0.05, 0.1) is 17.9 Å². The smallest absolute Gasteiger partial charge is 0.330 e. The molecule has 0 aliphatic heterocycles. The van der Waals surface area contributed by atoms with Gasteiger partial charge in [-0.1, -0.05) is 0 Å².